The molecule has 0 spiro atoms. The first-order valence-corrected chi connectivity index (χ1v) is 7.70. The summed E-state index contributed by atoms with van der Waals surface area (Å²) in [6, 6.07) is 9.17. The first-order valence-electron chi connectivity index (χ1n) is 7.32. The summed E-state index contributed by atoms with van der Waals surface area (Å²) in [5.74, 6) is -2.22. The maximum atomic E-state index is 13.7. The van der Waals surface area contributed by atoms with Crippen LogP contribution in [0.15, 0.2) is 36.4 Å². The molecule has 0 saturated heterocycles. The van der Waals surface area contributed by atoms with Crippen molar-refractivity contribution in [3.05, 3.63) is 63.9 Å². The largest absolute Gasteiger partial charge is 0.449 e. The van der Waals surface area contributed by atoms with Crippen LogP contribution < -0.4 is 5.32 Å². The molecular formula is C18H17ClFNO3. The molecular weight excluding hydrogens is 333 g/mol. The summed E-state index contributed by atoms with van der Waals surface area (Å²) in [6.07, 6.45) is -1.08. The Bertz CT molecular complexity index is 792. The van der Waals surface area contributed by atoms with E-state index in [1.54, 1.807) is 6.07 Å². The summed E-state index contributed by atoms with van der Waals surface area (Å²) >= 11 is 5.64. The van der Waals surface area contributed by atoms with Crippen molar-refractivity contribution in [1.29, 1.82) is 0 Å². The van der Waals surface area contributed by atoms with E-state index in [1.807, 2.05) is 26.0 Å². The van der Waals surface area contributed by atoms with Crippen LogP contribution in [0, 0.1) is 19.7 Å². The highest BCUT2D eigenvalue weighted by Crippen LogP contribution is 2.18. The number of anilines is 1. The van der Waals surface area contributed by atoms with E-state index in [2.05, 4.69) is 5.32 Å². The van der Waals surface area contributed by atoms with Gasteiger partial charge in [0.15, 0.2) is 6.10 Å². The molecule has 4 nitrogen and oxygen atoms in total. The summed E-state index contributed by atoms with van der Waals surface area (Å²) in [7, 11) is 0. The number of carbonyl (C=O) groups excluding carboxylic acids is 2. The molecule has 1 amide bonds. The van der Waals surface area contributed by atoms with Crippen LogP contribution in [0.2, 0.25) is 5.02 Å². The molecule has 0 aromatic heterocycles. The van der Waals surface area contributed by atoms with Crippen molar-refractivity contribution in [2.45, 2.75) is 26.9 Å². The minimum Gasteiger partial charge on any atom is -0.449 e. The maximum absolute atomic E-state index is 13.7. The number of esters is 1. The van der Waals surface area contributed by atoms with Crippen molar-refractivity contribution in [2.24, 2.45) is 0 Å². The molecule has 126 valence electrons. The lowest BCUT2D eigenvalue weighted by atomic mass is 10.1. The molecule has 0 bridgehead atoms. The molecule has 0 aliphatic rings. The number of amides is 1. The molecule has 0 radical (unpaired) electrons. The predicted molar refractivity (Wildman–Crippen MR) is 90.8 cm³/mol. The Balaban J connectivity index is 2.04. The average molecular weight is 350 g/mol. The van der Waals surface area contributed by atoms with E-state index >= 15 is 0 Å². The second-order valence-electron chi connectivity index (χ2n) is 5.48. The fourth-order valence-corrected chi connectivity index (χ4v) is 2.28. The van der Waals surface area contributed by atoms with Gasteiger partial charge in [0.05, 0.1) is 5.56 Å². The Kier molecular flexibility index (Phi) is 5.57. The summed E-state index contributed by atoms with van der Waals surface area (Å²) < 4.78 is 18.7. The van der Waals surface area contributed by atoms with Gasteiger partial charge in [-0.1, -0.05) is 29.3 Å². The lowest BCUT2D eigenvalue weighted by Gasteiger charge is -2.15. The summed E-state index contributed by atoms with van der Waals surface area (Å²) in [4.78, 5) is 24.1. The van der Waals surface area contributed by atoms with E-state index in [1.165, 1.54) is 19.1 Å². The Labute approximate surface area is 144 Å². The third-order valence-corrected chi connectivity index (χ3v) is 3.68. The number of hydrogen-bond acceptors (Lipinski definition) is 3. The van der Waals surface area contributed by atoms with Gasteiger partial charge in [-0.05, 0) is 50.6 Å². The quantitative estimate of drug-likeness (QED) is 0.838. The third-order valence-electron chi connectivity index (χ3n) is 3.44. The van der Waals surface area contributed by atoms with Gasteiger partial charge in [0.2, 0.25) is 0 Å². The molecule has 24 heavy (non-hydrogen) atoms. The van der Waals surface area contributed by atoms with Gasteiger partial charge in [-0.3, -0.25) is 4.79 Å². The summed E-state index contributed by atoms with van der Waals surface area (Å²) in [5, 5.41) is 2.86. The second-order valence-corrected chi connectivity index (χ2v) is 5.92. The zero-order valence-electron chi connectivity index (χ0n) is 13.5. The lowest BCUT2D eigenvalue weighted by Crippen LogP contribution is -2.30. The molecule has 0 unspecified atom stereocenters. The molecule has 2 aromatic carbocycles. The minimum absolute atomic E-state index is 0.171. The van der Waals surface area contributed by atoms with E-state index in [0.29, 0.717) is 5.69 Å². The standard InChI is InChI=1S/C18H17ClFNO3/c1-10-4-7-16(11(2)8-10)21-17(22)12(3)24-18(23)14-6-5-13(19)9-15(14)20/h4-9,12H,1-3H3,(H,21,22)/t12-/m1/s1. The number of aryl methyl sites for hydroxylation is 2. The van der Waals surface area contributed by atoms with E-state index in [4.69, 9.17) is 16.3 Å². The number of hydrogen-bond donors (Lipinski definition) is 1. The van der Waals surface area contributed by atoms with E-state index in [0.717, 1.165) is 17.2 Å². The zero-order valence-corrected chi connectivity index (χ0v) is 14.3. The van der Waals surface area contributed by atoms with Gasteiger partial charge in [0.1, 0.15) is 5.82 Å². The van der Waals surface area contributed by atoms with Gasteiger partial charge in [0, 0.05) is 10.7 Å². The fraction of sp³-hybridized carbons (Fsp3) is 0.222. The van der Waals surface area contributed by atoms with Crippen LogP contribution in [0.5, 0.6) is 0 Å². The van der Waals surface area contributed by atoms with Crippen LogP contribution in [-0.4, -0.2) is 18.0 Å². The van der Waals surface area contributed by atoms with Gasteiger partial charge in [-0.25, -0.2) is 9.18 Å². The highest BCUT2D eigenvalue weighted by molar-refractivity contribution is 6.30. The second kappa shape index (κ2) is 7.45. The number of rotatable bonds is 4. The van der Waals surface area contributed by atoms with Crippen molar-refractivity contribution in [3.63, 3.8) is 0 Å². The van der Waals surface area contributed by atoms with Crippen LogP contribution in [0.4, 0.5) is 10.1 Å². The number of carbonyl (C=O) groups is 2. The summed E-state index contributed by atoms with van der Waals surface area (Å²) in [5.41, 5.74) is 2.32. The molecule has 1 N–H and O–H groups in total. The van der Waals surface area contributed by atoms with Gasteiger partial charge >= 0.3 is 5.97 Å². The van der Waals surface area contributed by atoms with Crippen molar-refractivity contribution in [1.82, 2.24) is 0 Å². The molecule has 0 heterocycles. The molecule has 0 fully saturated rings. The summed E-state index contributed by atoms with van der Waals surface area (Å²) in [6.45, 7) is 5.23. The Morgan fingerprint density at radius 3 is 2.50 bits per heavy atom. The van der Waals surface area contributed by atoms with Crippen molar-refractivity contribution >= 4 is 29.2 Å². The number of nitrogens with one attached hydrogen (secondary N) is 1. The van der Waals surface area contributed by atoms with Gasteiger partial charge in [0.25, 0.3) is 5.91 Å². The van der Waals surface area contributed by atoms with Crippen molar-refractivity contribution in [2.75, 3.05) is 5.32 Å². The first-order chi connectivity index (χ1) is 11.3. The SMILES string of the molecule is Cc1ccc(NC(=O)[C@@H](C)OC(=O)c2ccc(Cl)cc2F)c(C)c1. The van der Waals surface area contributed by atoms with E-state index < -0.39 is 23.8 Å². The van der Waals surface area contributed by atoms with E-state index in [-0.39, 0.29) is 10.6 Å². The molecule has 0 aliphatic carbocycles. The molecule has 2 rings (SSSR count). The highest BCUT2D eigenvalue weighted by atomic mass is 35.5. The van der Waals surface area contributed by atoms with Crippen molar-refractivity contribution in [3.8, 4) is 0 Å². The molecule has 6 heteroatoms. The van der Waals surface area contributed by atoms with Crippen molar-refractivity contribution < 1.29 is 18.7 Å². The van der Waals surface area contributed by atoms with Crippen LogP contribution >= 0.6 is 11.6 Å². The van der Waals surface area contributed by atoms with Gasteiger partial charge in [-0.2, -0.15) is 0 Å². The fourth-order valence-electron chi connectivity index (χ4n) is 2.12. The normalized spacial score (nSPS) is 11.7. The van der Waals surface area contributed by atoms with Gasteiger partial charge in [-0.15, -0.1) is 0 Å². The topological polar surface area (TPSA) is 55.4 Å². The molecule has 1 atom stereocenters. The number of halogens is 2. The average Bonchev–Trinajstić information content (AvgIpc) is 2.49. The van der Waals surface area contributed by atoms with E-state index in [9.17, 15) is 14.0 Å². The van der Waals surface area contributed by atoms with Crippen LogP contribution in [0.1, 0.15) is 28.4 Å². The highest BCUT2D eigenvalue weighted by Gasteiger charge is 2.21. The molecule has 0 saturated carbocycles. The predicted octanol–water partition coefficient (Wildman–Crippen LogP) is 4.28. The van der Waals surface area contributed by atoms with Crippen LogP contribution in [-0.2, 0) is 9.53 Å². The first kappa shape index (κ1) is 17.9. The molecule has 2 aromatic rings. The zero-order chi connectivity index (χ0) is 17.9. The Hall–Kier alpha value is -2.40. The van der Waals surface area contributed by atoms with Crippen LogP contribution in [0.25, 0.3) is 0 Å². The lowest BCUT2D eigenvalue weighted by molar-refractivity contribution is -0.123. The molecule has 0 aliphatic heterocycles. The van der Waals surface area contributed by atoms with Crippen LogP contribution in [0.3, 0.4) is 0 Å². The Morgan fingerprint density at radius 2 is 1.88 bits per heavy atom. The third kappa shape index (κ3) is 4.32. The maximum Gasteiger partial charge on any atom is 0.341 e. The minimum atomic E-state index is -1.08. The Morgan fingerprint density at radius 1 is 1.17 bits per heavy atom. The smallest absolute Gasteiger partial charge is 0.341 e. The monoisotopic (exact) mass is 349 g/mol. The number of benzene rings is 2. The van der Waals surface area contributed by atoms with Gasteiger partial charge < -0.3 is 10.1 Å². The number of ether oxygens (including phenoxy) is 1.